The predicted molar refractivity (Wildman–Crippen MR) is 175 cm³/mol. The van der Waals surface area contributed by atoms with Crippen LogP contribution in [0.15, 0.2) is 100 Å². The van der Waals surface area contributed by atoms with Gasteiger partial charge in [-0.1, -0.05) is 78.1 Å². The second kappa shape index (κ2) is 12.8. The van der Waals surface area contributed by atoms with Crippen LogP contribution in [0.2, 0.25) is 0 Å². The molecule has 0 saturated heterocycles. The van der Waals surface area contributed by atoms with E-state index in [0.717, 1.165) is 16.3 Å². The number of benzene rings is 4. The van der Waals surface area contributed by atoms with E-state index in [-0.39, 0.29) is 23.5 Å². The van der Waals surface area contributed by atoms with Gasteiger partial charge in [-0.2, -0.15) is 0 Å². The Bertz CT molecular complexity index is 2110. The summed E-state index contributed by atoms with van der Waals surface area (Å²) in [6.45, 7) is 6.31. The fourth-order valence-corrected chi connectivity index (χ4v) is 6.46. The summed E-state index contributed by atoms with van der Waals surface area (Å²) >= 11 is 1.20. The summed E-state index contributed by atoms with van der Waals surface area (Å²) in [6, 6.07) is 25.7. The number of phenols is 1. The quantitative estimate of drug-likeness (QED) is 0.211. The molecule has 228 valence electrons. The molecule has 0 amide bonds. The minimum atomic E-state index is -0.747. The fraction of sp³-hybridized carbons (Fsp3) is 0.194. The van der Waals surface area contributed by atoms with Gasteiger partial charge in [-0.15, -0.1) is 0 Å². The van der Waals surface area contributed by atoms with Crippen molar-refractivity contribution in [1.29, 1.82) is 0 Å². The molecule has 0 aliphatic carbocycles. The number of hydrogen-bond acceptors (Lipinski definition) is 8. The van der Waals surface area contributed by atoms with E-state index in [1.165, 1.54) is 15.9 Å². The SMILES string of the molecule is CCOC(=O)C1=C(C)n2c(s/c(=C\c3c(O)ccc4ccccc34)c2=O)=N[C@@H]1c1ccc(OCc2ccccc2)c(OCC)c1. The molecule has 45 heavy (non-hydrogen) atoms. The highest BCUT2D eigenvalue weighted by atomic mass is 32.1. The Hall–Kier alpha value is -5.15. The summed E-state index contributed by atoms with van der Waals surface area (Å²) in [5, 5.41) is 12.5. The first kappa shape index (κ1) is 29.9. The van der Waals surface area contributed by atoms with Gasteiger partial charge in [0.05, 0.1) is 23.3 Å². The van der Waals surface area contributed by atoms with E-state index >= 15 is 0 Å². The topological polar surface area (TPSA) is 99.4 Å². The lowest BCUT2D eigenvalue weighted by atomic mass is 9.96. The van der Waals surface area contributed by atoms with Gasteiger partial charge in [-0.05, 0) is 66.9 Å². The maximum atomic E-state index is 13.8. The van der Waals surface area contributed by atoms with Crippen molar-refractivity contribution >= 4 is 39.9 Å². The molecule has 2 heterocycles. The van der Waals surface area contributed by atoms with Gasteiger partial charge >= 0.3 is 5.97 Å². The molecular formula is C36H32N2O6S. The number of phenolic OH excluding ortho intramolecular Hbond substituents is 1. The fourth-order valence-electron chi connectivity index (χ4n) is 5.44. The molecule has 0 unspecified atom stereocenters. The highest BCUT2D eigenvalue weighted by Gasteiger charge is 2.32. The van der Waals surface area contributed by atoms with E-state index in [0.29, 0.717) is 50.9 Å². The second-order valence-corrected chi connectivity index (χ2v) is 11.4. The van der Waals surface area contributed by atoms with Crippen LogP contribution < -0.4 is 24.4 Å². The van der Waals surface area contributed by atoms with Crippen molar-refractivity contribution in [2.45, 2.75) is 33.4 Å². The van der Waals surface area contributed by atoms with E-state index in [1.54, 1.807) is 26.0 Å². The third-order valence-corrected chi connectivity index (χ3v) is 8.57. The lowest BCUT2D eigenvalue weighted by molar-refractivity contribution is -0.138. The number of aromatic hydroxyl groups is 1. The van der Waals surface area contributed by atoms with Gasteiger partial charge in [0.2, 0.25) is 0 Å². The van der Waals surface area contributed by atoms with Crippen molar-refractivity contribution < 1.29 is 24.1 Å². The number of hydrogen-bond donors (Lipinski definition) is 1. The van der Waals surface area contributed by atoms with E-state index < -0.39 is 12.0 Å². The Labute approximate surface area is 263 Å². The number of rotatable bonds is 9. The Morgan fingerprint density at radius 2 is 1.73 bits per heavy atom. The Kier molecular flexibility index (Phi) is 8.53. The van der Waals surface area contributed by atoms with Crippen molar-refractivity contribution in [2.24, 2.45) is 4.99 Å². The van der Waals surface area contributed by atoms with E-state index in [2.05, 4.69) is 0 Å². The first-order valence-corrected chi connectivity index (χ1v) is 15.5. The van der Waals surface area contributed by atoms with Crippen LogP contribution in [0.25, 0.3) is 22.5 Å². The summed E-state index contributed by atoms with van der Waals surface area (Å²) in [5.74, 6) is 0.610. The van der Waals surface area contributed by atoms with Crippen LogP contribution in [0, 0.1) is 0 Å². The number of fused-ring (bicyclic) bond motifs is 2. The molecular weight excluding hydrogens is 588 g/mol. The van der Waals surface area contributed by atoms with Gasteiger partial charge in [-0.25, -0.2) is 9.79 Å². The van der Waals surface area contributed by atoms with Crippen molar-refractivity contribution in [1.82, 2.24) is 4.57 Å². The van der Waals surface area contributed by atoms with Crippen molar-refractivity contribution in [3.63, 3.8) is 0 Å². The lowest BCUT2D eigenvalue weighted by Gasteiger charge is -2.23. The van der Waals surface area contributed by atoms with Crippen LogP contribution in [0.5, 0.6) is 17.2 Å². The smallest absolute Gasteiger partial charge is 0.338 e. The van der Waals surface area contributed by atoms with Gasteiger partial charge in [0.1, 0.15) is 18.4 Å². The van der Waals surface area contributed by atoms with Crippen LogP contribution in [0.1, 0.15) is 43.5 Å². The van der Waals surface area contributed by atoms with E-state index in [1.807, 2.05) is 85.8 Å². The normalized spacial score (nSPS) is 14.6. The molecule has 1 aromatic heterocycles. The molecule has 1 aliphatic heterocycles. The molecule has 6 rings (SSSR count). The van der Waals surface area contributed by atoms with Gasteiger partial charge in [-0.3, -0.25) is 9.36 Å². The number of nitrogens with zero attached hydrogens (tertiary/aromatic N) is 2. The molecule has 0 saturated carbocycles. The van der Waals surface area contributed by atoms with Crippen molar-refractivity contribution in [2.75, 3.05) is 13.2 Å². The molecule has 0 spiro atoms. The summed E-state index contributed by atoms with van der Waals surface area (Å²) < 4.78 is 19.3. The zero-order chi connectivity index (χ0) is 31.5. The highest BCUT2D eigenvalue weighted by molar-refractivity contribution is 7.07. The van der Waals surface area contributed by atoms with Crippen LogP contribution in [0.3, 0.4) is 0 Å². The third kappa shape index (κ3) is 5.86. The lowest BCUT2D eigenvalue weighted by Crippen LogP contribution is -2.35. The molecule has 8 nitrogen and oxygen atoms in total. The summed E-state index contributed by atoms with van der Waals surface area (Å²) in [5.41, 5.74) is 2.63. The molecule has 0 fully saturated rings. The van der Waals surface area contributed by atoms with Gasteiger partial charge < -0.3 is 19.3 Å². The first-order valence-electron chi connectivity index (χ1n) is 14.7. The molecule has 9 heteroatoms. The minimum absolute atomic E-state index is 0.0665. The summed E-state index contributed by atoms with van der Waals surface area (Å²) in [7, 11) is 0. The van der Waals surface area contributed by atoms with Crippen LogP contribution in [-0.4, -0.2) is 28.9 Å². The summed E-state index contributed by atoms with van der Waals surface area (Å²) in [6.07, 6.45) is 1.68. The van der Waals surface area contributed by atoms with Gasteiger partial charge in [0.15, 0.2) is 16.3 Å². The number of ether oxygens (including phenoxy) is 3. The molecule has 4 aromatic carbocycles. The third-order valence-electron chi connectivity index (χ3n) is 7.58. The largest absolute Gasteiger partial charge is 0.507 e. The number of allylic oxidation sites excluding steroid dienone is 1. The minimum Gasteiger partial charge on any atom is -0.507 e. The number of carbonyl (C=O) groups excluding carboxylic acids is 1. The Balaban J connectivity index is 1.47. The monoisotopic (exact) mass is 620 g/mol. The first-order chi connectivity index (χ1) is 21.9. The Morgan fingerprint density at radius 1 is 0.956 bits per heavy atom. The maximum absolute atomic E-state index is 13.8. The highest BCUT2D eigenvalue weighted by Crippen LogP contribution is 2.37. The van der Waals surface area contributed by atoms with Crippen LogP contribution >= 0.6 is 11.3 Å². The molecule has 1 aliphatic rings. The van der Waals surface area contributed by atoms with E-state index in [9.17, 15) is 14.7 Å². The number of aromatic nitrogens is 1. The average Bonchev–Trinajstić information content (AvgIpc) is 3.37. The van der Waals surface area contributed by atoms with Crippen molar-refractivity contribution in [3.05, 3.63) is 127 Å². The zero-order valence-corrected chi connectivity index (χ0v) is 26.0. The molecule has 1 N–H and O–H groups in total. The molecule has 0 radical (unpaired) electrons. The molecule has 0 bridgehead atoms. The summed E-state index contributed by atoms with van der Waals surface area (Å²) in [4.78, 5) is 32.5. The second-order valence-electron chi connectivity index (χ2n) is 10.4. The van der Waals surface area contributed by atoms with Crippen LogP contribution in [-0.2, 0) is 16.1 Å². The molecule has 1 atom stereocenters. The van der Waals surface area contributed by atoms with Gasteiger partial charge in [0, 0.05) is 11.3 Å². The van der Waals surface area contributed by atoms with Gasteiger partial charge in [0.25, 0.3) is 5.56 Å². The predicted octanol–water partition coefficient (Wildman–Crippen LogP) is 5.74. The average molecular weight is 621 g/mol. The van der Waals surface area contributed by atoms with E-state index in [4.69, 9.17) is 19.2 Å². The standard InChI is InChI=1S/C36H32N2O6S/c1-4-42-30-19-25(16-18-29(30)44-21-23-11-7-6-8-12-23)33-32(35(41)43-5-2)22(3)38-34(40)31(45-36(38)37-33)20-27-26-14-10-9-13-24(26)15-17-28(27)39/h6-20,33,39H,4-5,21H2,1-3H3/b31-20-/t33-/m1/s1. The number of thiazole rings is 1. The maximum Gasteiger partial charge on any atom is 0.338 e. The number of esters is 1. The van der Waals surface area contributed by atoms with Crippen molar-refractivity contribution in [3.8, 4) is 17.2 Å². The van der Waals surface area contributed by atoms with Crippen LogP contribution in [0.4, 0.5) is 0 Å². The molecule has 5 aromatic rings. The number of carbonyl (C=O) groups is 1. The zero-order valence-electron chi connectivity index (χ0n) is 25.2. The Morgan fingerprint density at radius 3 is 2.51 bits per heavy atom.